The van der Waals surface area contributed by atoms with Gasteiger partial charge in [-0.05, 0) is 44.0 Å². The molecule has 0 saturated heterocycles. The SMILES string of the molecule is CC(=O)N(c1nc(CSc2nnc(-c3ccccc3Cl)n2N)cs1)c1c(C)cc(C)cc1C. The van der Waals surface area contributed by atoms with E-state index in [0.29, 0.717) is 26.9 Å². The van der Waals surface area contributed by atoms with E-state index in [4.69, 9.17) is 22.4 Å². The number of carbonyl (C=O) groups is 1. The van der Waals surface area contributed by atoms with Crippen molar-refractivity contribution in [2.45, 2.75) is 38.6 Å². The molecule has 0 aliphatic heterocycles. The highest BCUT2D eigenvalue weighted by atomic mass is 35.5. The third-order valence-corrected chi connectivity index (χ3v) is 7.21. The zero-order chi connectivity index (χ0) is 23.7. The highest BCUT2D eigenvalue weighted by Gasteiger charge is 2.22. The second-order valence-corrected chi connectivity index (χ2v) is 9.85. The van der Waals surface area contributed by atoms with Crippen molar-refractivity contribution in [3.8, 4) is 11.4 Å². The number of aromatic nitrogens is 4. The molecule has 7 nitrogen and oxygen atoms in total. The fraction of sp³-hybridized carbons (Fsp3) is 0.217. The quantitative estimate of drug-likeness (QED) is 0.272. The fourth-order valence-electron chi connectivity index (χ4n) is 3.72. The first kappa shape index (κ1) is 23.3. The van der Waals surface area contributed by atoms with Gasteiger partial charge >= 0.3 is 0 Å². The number of carbonyl (C=O) groups excluding carboxylic acids is 1. The smallest absolute Gasteiger partial charge is 0.230 e. The van der Waals surface area contributed by atoms with Crippen LogP contribution in [-0.4, -0.2) is 25.8 Å². The minimum absolute atomic E-state index is 0.0790. The molecule has 2 N–H and O–H groups in total. The summed E-state index contributed by atoms with van der Waals surface area (Å²) in [5.74, 6) is 7.17. The summed E-state index contributed by atoms with van der Waals surface area (Å²) in [6.45, 7) is 7.64. The highest BCUT2D eigenvalue weighted by Crippen LogP contribution is 2.35. The van der Waals surface area contributed by atoms with Crippen LogP contribution >= 0.6 is 34.7 Å². The van der Waals surface area contributed by atoms with Crippen molar-refractivity contribution in [2.75, 3.05) is 10.7 Å². The molecule has 0 bridgehead atoms. The molecular weight excluding hydrogens is 476 g/mol. The van der Waals surface area contributed by atoms with Crippen LogP contribution in [0.25, 0.3) is 11.4 Å². The lowest BCUT2D eigenvalue weighted by Gasteiger charge is -2.23. The number of amides is 1. The summed E-state index contributed by atoms with van der Waals surface area (Å²) in [6, 6.07) is 11.5. The van der Waals surface area contributed by atoms with E-state index in [1.807, 2.05) is 44.4 Å². The van der Waals surface area contributed by atoms with Crippen LogP contribution < -0.4 is 10.7 Å². The Bertz CT molecular complexity index is 1310. The molecule has 10 heteroatoms. The minimum Gasteiger partial charge on any atom is -0.335 e. The molecule has 2 aromatic carbocycles. The van der Waals surface area contributed by atoms with Crippen molar-refractivity contribution in [3.05, 3.63) is 69.2 Å². The van der Waals surface area contributed by atoms with E-state index in [1.165, 1.54) is 27.8 Å². The van der Waals surface area contributed by atoms with Crippen molar-refractivity contribution in [2.24, 2.45) is 0 Å². The van der Waals surface area contributed by atoms with Gasteiger partial charge in [0.2, 0.25) is 11.1 Å². The standard InChI is InChI=1S/C23H23ClN6OS2/c1-13-9-14(2)20(15(3)10-13)29(16(4)31)22-26-17(11-32-22)12-33-23-28-27-21(30(23)25)18-7-5-6-8-19(18)24/h5-11H,12,25H2,1-4H3. The van der Waals surface area contributed by atoms with Crippen LogP contribution in [0.4, 0.5) is 10.8 Å². The summed E-state index contributed by atoms with van der Waals surface area (Å²) in [6.07, 6.45) is 0. The Balaban J connectivity index is 1.55. The summed E-state index contributed by atoms with van der Waals surface area (Å²) in [4.78, 5) is 19.0. The fourth-order valence-corrected chi connectivity index (χ4v) is 5.67. The number of thioether (sulfide) groups is 1. The minimum atomic E-state index is -0.0790. The van der Waals surface area contributed by atoms with E-state index in [0.717, 1.165) is 33.6 Å². The van der Waals surface area contributed by atoms with Crippen LogP contribution in [0.5, 0.6) is 0 Å². The van der Waals surface area contributed by atoms with E-state index in [1.54, 1.807) is 17.9 Å². The summed E-state index contributed by atoms with van der Waals surface area (Å²) < 4.78 is 1.43. The Labute approximate surface area is 205 Å². The van der Waals surface area contributed by atoms with E-state index in [-0.39, 0.29) is 5.91 Å². The van der Waals surface area contributed by atoms with Crippen LogP contribution in [0.15, 0.2) is 46.9 Å². The number of nitrogens with two attached hydrogens (primary N) is 1. The molecule has 4 aromatic rings. The number of halogens is 1. The average molecular weight is 499 g/mol. The molecule has 0 saturated carbocycles. The van der Waals surface area contributed by atoms with Gasteiger partial charge in [0.15, 0.2) is 11.0 Å². The first-order valence-corrected chi connectivity index (χ1v) is 12.4. The maximum atomic E-state index is 12.6. The van der Waals surface area contributed by atoms with Gasteiger partial charge in [-0.3, -0.25) is 9.69 Å². The monoisotopic (exact) mass is 498 g/mol. The van der Waals surface area contributed by atoms with Crippen LogP contribution in [0, 0.1) is 20.8 Å². The molecule has 4 rings (SSSR count). The predicted molar refractivity (Wildman–Crippen MR) is 136 cm³/mol. The molecule has 0 radical (unpaired) electrons. The highest BCUT2D eigenvalue weighted by molar-refractivity contribution is 7.98. The second-order valence-electron chi connectivity index (χ2n) is 7.67. The molecule has 2 aromatic heterocycles. The van der Waals surface area contributed by atoms with Gasteiger partial charge in [0.05, 0.1) is 16.4 Å². The maximum absolute atomic E-state index is 12.6. The van der Waals surface area contributed by atoms with Gasteiger partial charge in [0.25, 0.3) is 0 Å². The van der Waals surface area contributed by atoms with Crippen LogP contribution in [0.3, 0.4) is 0 Å². The normalized spacial score (nSPS) is 11.1. The molecule has 1 amide bonds. The number of aryl methyl sites for hydroxylation is 3. The first-order valence-electron chi connectivity index (χ1n) is 10.2. The van der Waals surface area contributed by atoms with Crippen LogP contribution in [0.1, 0.15) is 29.3 Å². The Morgan fingerprint density at radius 2 is 1.88 bits per heavy atom. The number of nitrogen functional groups attached to an aromatic ring is 1. The number of hydrogen-bond donors (Lipinski definition) is 1. The average Bonchev–Trinajstić information content (AvgIpc) is 3.35. The Hall–Kier alpha value is -2.88. The lowest BCUT2D eigenvalue weighted by Crippen LogP contribution is -2.24. The van der Waals surface area contributed by atoms with E-state index < -0.39 is 0 Å². The second kappa shape index (κ2) is 9.54. The number of benzene rings is 2. The molecule has 2 heterocycles. The van der Waals surface area contributed by atoms with Gasteiger partial charge in [-0.1, -0.05) is 53.2 Å². The molecule has 0 atom stereocenters. The summed E-state index contributed by atoms with van der Waals surface area (Å²) in [5, 5.41) is 12.1. The Morgan fingerprint density at radius 1 is 1.18 bits per heavy atom. The van der Waals surface area contributed by atoms with E-state index >= 15 is 0 Å². The van der Waals surface area contributed by atoms with Gasteiger partial charge in [-0.2, -0.15) is 0 Å². The third-order valence-electron chi connectivity index (χ3n) is 5.03. The lowest BCUT2D eigenvalue weighted by atomic mass is 10.0. The van der Waals surface area contributed by atoms with Crippen LogP contribution in [0.2, 0.25) is 5.02 Å². The number of hydrogen-bond acceptors (Lipinski definition) is 7. The zero-order valence-electron chi connectivity index (χ0n) is 18.7. The zero-order valence-corrected chi connectivity index (χ0v) is 21.1. The lowest BCUT2D eigenvalue weighted by molar-refractivity contribution is -0.115. The Morgan fingerprint density at radius 3 is 2.55 bits per heavy atom. The molecule has 0 aliphatic carbocycles. The number of nitrogens with zero attached hydrogens (tertiary/aromatic N) is 5. The molecule has 33 heavy (non-hydrogen) atoms. The molecule has 0 unspecified atom stereocenters. The predicted octanol–water partition coefficient (Wildman–Crippen LogP) is 5.67. The van der Waals surface area contributed by atoms with Crippen molar-refractivity contribution in [3.63, 3.8) is 0 Å². The molecule has 0 spiro atoms. The Kier molecular flexibility index (Phi) is 6.73. The molecule has 0 fully saturated rings. The largest absolute Gasteiger partial charge is 0.335 e. The maximum Gasteiger partial charge on any atom is 0.230 e. The summed E-state index contributed by atoms with van der Waals surface area (Å²) in [7, 11) is 0. The number of rotatable bonds is 6. The van der Waals surface area contributed by atoms with Gasteiger partial charge < -0.3 is 5.84 Å². The molecule has 170 valence electrons. The van der Waals surface area contributed by atoms with Gasteiger partial charge in [0.1, 0.15) is 0 Å². The van der Waals surface area contributed by atoms with Crippen molar-refractivity contribution in [1.29, 1.82) is 0 Å². The number of thiazole rings is 1. The van der Waals surface area contributed by atoms with E-state index in [2.05, 4.69) is 22.3 Å². The van der Waals surface area contributed by atoms with Gasteiger partial charge in [-0.25, -0.2) is 9.66 Å². The molecule has 0 aliphatic rings. The van der Waals surface area contributed by atoms with Crippen molar-refractivity contribution < 1.29 is 4.79 Å². The first-order chi connectivity index (χ1) is 15.8. The van der Waals surface area contributed by atoms with Crippen molar-refractivity contribution in [1.82, 2.24) is 19.9 Å². The molecular formula is C23H23ClN6OS2. The van der Waals surface area contributed by atoms with Crippen LogP contribution in [-0.2, 0) is 10.5 Å². The topological polar surface area (TPSA) is 89.9 Å². The van der Waals surface area contributed by atoms with Gasteiger partial charge in [0, 0.05) is 23.6 Å². The van der Waals surface area contributed by atoms with Gasteiger partial charge in [-0.15, -0.1) is 21.5 Å². The number of anilines is 2. The third kappa shape index (κ3) is 4.75. The summed E-state index contributed by atoms with van der Waals surface area (Å²) >= 11 is 9.12. The van der Waals surface area contributed by atoms with E-state index in [9.17, 15) is 4.79 Å². The van der Waals surface area contributed by atoms with Crippen molar-refractivity contribution >= 4 is 51.4 Å². The summed E-state index contributed by atoms with van der Waals surface area (Å²) in [5.41, 5.74) is 5.67.